The van der Waals surface area contributed by atoms with Crippen LogP contribution in [-0.2, 0) is 5.41 Å². The van der Waals surface area contributed by atoms with Crippen molar-refractivity contribution in [3.63, 3.8) is 0 Å². The molecule has 2 bridgehead atoms. The Hall–Kier alpha value is -6.18. The average molecular weight is 711 g/mol. The number of rotatable bonds is 5. The average Bonchev–Trinajstić information content (AvgIpc) is 3.53. The predicted molar refractivity (Wildman–Crippen MR) is 222 cm³/mol. The molecule has 1 spiro atoms. The van der Waals surface area contributed by atoms with Crippen LogP contribution in [0.4, 0.5) is 0 Å². The fraction of sp³-hybridized carbons (Fsp3) is 0.216. The highest BCUT2D eigenvalue weighted by atomic mass is 15.0. The lowest BCUT2D eigenvalue weighted by atomic mass is 9.49. The van der Waals surface area contributed by atoms with E-state index in [2.05, 4.69) is 92.7 Å². The molecule has 266 valence electrons. The SMILES string of the molecule is CC1CC2CC(C)C3(c4ccc(-c5ccc(C#N)cc5)cc4-c4cc(-c5ccc(-c6nc(-c7ccccc7)nc(-c7ccccc7)n6)cc5)ccc43)C(C1)C2. The van der Waals surface area contributed by atoms with Crippen LogP contribution in [0.15, 0.2) is 146 Å². The largest absolute Gasteiger partial charge is 0.208 e. The van der Waals surface area contributed by atoms with Gasteiger partial charge in [0.15, 0.2) is 17.5 Å². The van der Waals surface area contributed by atoms with Crippen LogP contribution in [0.25, 0.3) is 67.5 Å². The van der Waals surface area contributed by atoms with Crippen molar-refractivity contribution in [3.05, 3.63) is 162 Å². The van der Waals surface area contributed by atoms with Crippen LogP contribution in [0.1, 0.15) is 56.2 Å². The van der Waals surface area contributed by atoms with Gasteiger partial charge in [-0.3, -0.25) is 0 Å². The highest BCUT2D eigenvalue weighted by Gasteiger charge is 2.56. The van der Waals surface area contributed by atoms with Crippen molar-refractivity contribution in [2.24, 2.45) is 23.7 Å². The Kier molecular flexibility index (Phi) is 8.07. The quantitative estimate of drug-likeness (QED) is 0.178. The Morgan fingerprint density at radius 1 is 0.491 bits per heavy atom. The molecule has 2 saturated carbocycles. The summed E-state index contributed by atoms with van der Waals surface area (Å²) in [6.07, 6.45) is 5.27. The summed E-state index contributed by atoms with van der Waals surface area (Å²) in [5.41, 5.74) is 14.1. The number of fused-ring (bicyclic) bond motifs is 8. The van der Waals surface area contributed by atoms with E-state index in [1.54, 1.807) is 0 Å². The first-order valence-corrected chi connectivity index (χ1v) is 19.8. The molecule has 4 heteroatoms. The van der Waals surface area contributed by atoms with Crippen molar-refractivity contribution in [3.8, 4) is 73.6 Å². The molecule has 3 aliphatic rings. The third-order valence-electron chi connectivity index (χ3n) is 12.9. The normalized spacial score (nSPS) is 22.1. The molecule has 5 unspecified atom stereocenters. The van der Waals surface area contributed by atoms with E-state index in [0.717, 1.165) is 34.1 Å². The second-order valence-corrected chi connectivity index (χ2v) is 16.2. The Bertz CT molecular complexity index is 2530. The Balaban J connectivity index is 1.07. The minimum absolute atomic E-state index is 0.0209. The summed E-state index contributed by atoms with van der Waals surface area (Å²) >= 11 is 0. The maximum Gasteiger partial charge on any atom is 0.164 e. The Morgan fingerprint density at radius 2 is 0.945 bits per heavy atom. The lowest BCUT2D eigenvalue weighted by molar-refractivity contribution is 0.0426. The topological polar surface area (TPSA) is 62.5 Å². The van der Waals surface area contributed by atoms with E-state index in [9.17, 15) is 5.26 Å². The van der Waals surface area contributed by atoms with Gasteiger partial charge in [-0.05, 0) is 118 Å². The van der Waals surface area contributed by atoms with Crippen LogP contribution in [0.5, 0.6) is 0 Å². The molecule has 3 aliphatic carbocycles. The molecule has 0 N–H and O–H groups in total. The number of hydrogen-bond acceptors (Lipinski definition) is 4. The van der Waals surface area contributed by atoms with Gasteiger partial charge in [-0.1, -0.05) is 135 Å². The molecule has 10 rings (SSSR count). The van der Waals surface area contributed by atoms with Crippen molar-refractivity contribution in [2.45, 2.75) is 44.9 Å². The van der Waals surface area contributed by atoms with Gasteiger partial charge in [0.05, 0.1) is 11.6 Å². The lowest BCUT2D eigenvalue weighted by Gasteiger charge is -2.54. The summed E-state index contributed by atoms with van der Waals surface area (Å²) in [6.45, 7) is 5.01. The zero-order chi connectivity index (χ0) is 37.1. The van der Waals surface area contributed by atoms with E-state index in [1.165, 1.54) is 64.6 Å². The minimum Gasteiger partial charge on any atom is -0.208 e. The second-order valence-electron chi connectivity index (χ2n) is 16.2. The maximum absolute atomic E-state index is 9.43. The maximum atomic E-state index is 9.43. The number of nitriles is 1. The van der Waals surface area contributed by atoms with Crippen molar-refractivity contribution in [1.82, 2.24) is 15.0 Å². The third-order valence-corrected chi connectivity index (χ3v) is 12.9. The molecule has 1 heterocycles. The monoisotopic (exact) mass is 710 g/mol. The number of benzene rings is 6. The van der Waals surface area contributed by atoms with E-state index in [1.807, 2.05) is 72.8 Å². The van der Waals surface area contributed by atoms with Gasteiger partial charge in [-0.25, -0.2) is 15.0 Å². The number of hydrogen-bond donors (Lipinski definition) is 0. The summed E-state index contributed by atoms with van der Waals surface area (Å²) < 4.78 is 0. The summed E-state index contributed by atoms with van der Waals surface area (Å²) in [6, 6.07) is 53.7. The van der Waals surface area contributed by atoms with Gasteiger partial charge in [-0.15, -0.1) is 0 Å². The van der Waals surface area contributed by atoms with E-state index < -0.39 is 0 Å². The van der Waals surface area contributed by atoms with Gasteiger partial charge in [0.2, 0.25) is 0 Å². The zero-order valence-electron chi connectivity index (χ0n) is 31.3. The second kappa shape index (κ2) is 13.3. The van der Waals surface area contributed by atoms with Crippen LogP contribution < -0.4 is 0 Å². The standard InChI is InChI=1S/C51H42N4/c1-32-25-35-27-33(2)51(43(26-32)28-35)46-23-21-41(36-15-13-34(31-52)14-16-36)29-44(46)45-30-42(22-24-47(45)51)37-17-19-40(20-18-37)50-54-48(38-9-5-3-6-10-38)53-49(55-50)39-11-7-4-8-12-39/h3-24,29-30,32-33,35,43H,25-28H2,1-2H3. The van der Waals surface area contributed by atoms with Crippen molar-refractivity contribution in [1.29, 1.82) is 5.26 Å². The molecule has 7 aromatic rings. The smallest absolute Gasteiger partial charge is 0.164 e. The van der Waals surface area contributed by atoms with E-state index in [-0.39, 0.29) is 5.41 Å². The summed E-state index contributed by atoms with van der Waals surface area (Å²) in [7, 11) is 0. The van der Waals surface area contributed by atoms with Crippen molar-refractivity contribution >= 4 is 0 Å². The van der Waals surface area contributed by atoms with Gasteiger partial charge in [0, 0.05) is 22.1 Å². The molecule has 2 fully saturated rings. The van der Waals surface area contributed by atoms with Crippen molar-refractivity contribution < 1.29 is 0 Å². The molecule has 4 nitrogen and oxygen atoms in total. The van der Waals surface area contributed by atoms with Crippen molar-refractivity contribution in [2.75, 3.05) is 0 Å². The van der Waals surface area contributed by atoms with Crippen LogP contribution in [0.2, 0.25) is 0 Å². The highest BCUT2D eigenvalue weighted by molar-refractivity contribution is 5.88. The number of nitrogens with zero attached hydrogens (tertiary/aromatic N) is 4. The van der Waals surface area contributed by atoms with Crippen LogP contribution in [0.3, 0.4) is 0 Å². The van der Waals surface area contributed by atoms with E-state index in [0.29, 0.717) is 34.9 Å². The molecular weight excluding hydrogens is 669 g/mol. The van der Waals surface area contributed by atoms with Gasteiger partial charge in [0.1, 0.15) is 0 Å². The Morgan fingerprint density at radius 3 is 1.45 bits per heavy atom. The first kappa shape index (κ1) is 33.4. The molecule has 6 aromatic carbocycles. The van der Waals surface area contributed by atoms with Gasteiger partial charge < -0.3 is 0 Å². The van der Waals surface area contributed by atoms with Crippen LogP contribution in [0, 0.1) is 35.0 Å². The zero-order valence-corrected chi connectivity index (χ0v) is 31.3. The first-order chi connectivity index (χ1) is 27.0. The first-order valence-electron chi connectivity index (χ1n) is 19.8. The third kappa shape index (κ3) is 5.61. The molecule has 5 atom stereocenters. The number of aromatic nitrogens is 3. The van der Waals surface area contributed by atoms with Gasteiger partial charge in [0.25, 0.3) is 0 Å². The molecular formula is C51H42N4. The highest BCUT2D eigenvalue weighted by Crippen LogP contribution is 2.65. The summed E-state index contributed by atoms with van der Waals surface area (Å²) in [5, 5.41) is 9.43. The molecule has 0 amide bonds. The van der Waals surface area contributed by atoms with Crippen LogP contribution >= 0.6 is 0 Å². The Labute approximate surface area is 323 Å². The lowest BCUT2D eigenvalue weighted by Crippen LogP contribution is -2.49. The molecule has 0 saturated heterocycles. The van der Waals surface area contributed by atoms with Gasteiger partial charge >= 0.3 is 0 Å². The molecule has 0 radical (unpaired) electrons. The summed E-state index contributed by atoms with van der Waals surface area (Å²) in [5.74, 6) is 4.77. The summed E-state index contributed by atoms with van der Waals surface area (Å²) in [4.78, 5) is 14.8. The minimum atomic E-state index is 0.0209. The predicted octanol–water partition coefficient (Wildman–Crippen LogP) is 12.4. The van der Waals surface area contributed by atoms with Gasteiger partial charge in [-0.2, -0.15) is 5.26 Å². The van der Waals surface area contributed by atoms with E-state index >= 15 is 0 Å². The fourth-order valence-electron chi connectivity index (χ4n) is 10.6. The van der Waals surface area contributed by atoms with E-state index in [4.69, 9.17) is 15.0 Å². The molecule has 0 aliphatic heterocycles. The van der Waals surface area contributed by atoms with Crippen LogP contribution in [-0.4, -0.2) is 15.0 Å². The molecule has 1 aromatic heterocycles. The molecule has 55 heavy (non-hydrogen) atoms. The fourth-order valence-corrected chi connectivity index (χ4v) is 10.6.